The minimum absolute atomic E-state index is 0.0578. The maximum absolute atomic E-state index is 13.2. The quantitative estimate of drug-likeness (QED) is 0.282. The van der Waals surface area contributed by atoms with E-state index in [-0.39, 0.29) is 5.91 Å². The van der Waals surface area contributed by atoms with Crippen LogP contribution >= 0.6 is 0 Å². The van der Waals surface area contributed by atoms with Gasteiger partial charge < -0.3 is 34.9 Å². The minimum Gasteiger partial charge on any atom is -0.475 e. The summed E-state index contributed by atoms with van der Waals surface area (Å²) in [5.74, 6) is -4.67. The number of nitrogens with zero attached hydrogens (tertiary/aromatic N) is 4. The van der Waals surface area contributed by atoms with Gasteiger partial charge in [-0.05, 0) is 48.7 Å². The number of nitrogens with two attached hydrogens (primary N) is 1. The summed E-state index contributed by atoms with van der Waals surface area (Å²) >= 11 is 0. The lowest BCUT2D eigenvalue weighted by Gasteiger charge is -2.40. The van der Waals surface area contributed by atoms with Gasteiger partial charge in [-0.2, -0.15) is 31.6 Å². The van der Waals surface area contributed by atoms with Gasteiger partial charge in [0.15, 0.2) is 5.60 Å². The lowest BCUT2D eigenvalue weighted by atomic mass is 9.86. The van der Waals surface area contributed by atoms with E-state index in [1.54, 1.807) is 42.7 Å². The summed E-state index contributed by atoms with van der Waals surface area (Å²) in [6.07, 6.45) is -5.39. The second-order valence-electron chi connectivity index (χ2n) is 10.8. The first-order valence-electron chi connectivity index (χ1n) is 14.2. The molecular formula is C31H33F6N5O7. The second kappa shape index (κ2) is 15.8. The van der Waals surface area contributed by atoms with E-state index in [1.807, 2.05) is 49.7 Å². The normalized spacial score (nSPS) is 17.3. The Hall–Kier alpha value is -5.15. The Labute approximate surface area is 276 Å². The molecule has 2 heterocycles. The highest BCUT2D eigenvalue weighted by molar-refractivity contribution is 5.87. The minimum atomic E-state index is -5.08. The lowest BCUT2D eigenvalue weighted by Crippen LogP contribution is -2.53. The van der Waals surface area contributed by atoms with Gasteiger partial charge in [-0.3, -0.25) is 4.79 Å². The molecule has 1 aliphatic heterocycles. The fourth-order valence-corrected chi connectivity index (χ4v) is 4.68. The van der Waals surface area contributed by atoms with Gasteiger partial charge in [0.1, 0.15) is 17.6 Å². The van der Waals surface area contributed by atoms with Crippen molar-refractivity contribution in [3.63, 3.8) is 0 Å². The van der Waals surface area contributed by atoms with Crippen LogP contribution in [0.4, 0.5) is 26.3 Å². The predicted molar refractivity (Wildman–Crippen MR) is 159 cm³/mol. The Balaban J connectivity index is 0.000000500. The van der Waals surface area contributed by atoms with Crippen molar-refractivity contribution in [3.05, 3.63) is 77.4 Å². The van der Waals surface area contributed by atoms with Crippen LogP contribution in [0.25, 0.3) is 0 Å². The number of hydrogen-bond acceptors (Lipinski definition) is 8. The molecule has 2 unspecified atom stereocenters. The summed E-state index contributed by atoms with van der Waals surface area (Å²) in [4.78, 5) is 36.9. The Morgan fingerprint density at radius 1 is 1.08 bits per heavy atom. The number of alkyl halides is 6. The number of carbonyl (C=O) groups is 3. The standard InChI is InChI=1S/C27H31N5O3.2C2HF3O2/c1-5-11-27(25(33)31(3)12-13-34-27)21-7-6-8-22(14-21)35-23-15-20(10-9-19(23)16-28)26(2,29)24-17-30-18-32(24)4;2*3-2(4,5)1(6)7/h6-10,14-15,17-18H,5,11-13,29H2,1-4H3;2*(H,6,7). The van der Waals surface area contributed by atoms with Crippen molar-refractivity contribution in [2.75, 3.05) is 20.2 Å². The molecule has 266 valence electrons. The van der Waals surface area contributed by atoms with E-state index in [4.69, 9.17) is 35.0 Å². The number of likely N-dealkylation sites (N-methyl/N-ethyl adjacent to an activating group) is 1. The molecule has 0 saturated carbocycles. The number of carboxylic acids is 2. The molecule has 0 bridgehead atoms. The Morgan fingerprint density at radius 3 is 2.16 bits per heavy atom. The van der Waals surface area contributed by atoms with Crippen molar-refractivity contribution in [3.8, 4) is 17.6 Å². The third kappa shape index (κ3) is 9.93. The van der Waals surface area contributed by atoms with Gasteiger partial charge in [0.2, 0.25) is 0 Å². The molecule has 2 atom stereocenters. The average molecular weight is 702 g/mol. The molecule has 1 amide bonds. The molecule has 18 heteroatoms. The number of aryl methyl sites for hydroxylation is 1. The maximum Gasteiger partial charge on any atom is 0.490 e. The van der Waals surface area contributed by atoms with Crippen molar-refractivity contribution < 1.29 is 60.4 Å². The molecule has 4 rings (SSSR count). The molecule has 0 radical (unpaired) electrons. The first-order chi connectivity index (χ1) is 22.6. The first-order valence-corrected chi connectivity index (χ1v) is 14.2. The molecule has 1 saturated heterocycles. The van der Waals surface area contributed by atoms with Crippen molar-refractivity contribution in [1.29, 1.82) is 5.26 Å². The van der Waals surface area contributed by atoms with Gasteiger partial charge in [-0.15, -0.1) is 0 Å². The molecule has 49 heavy (non-hydrogen) atoms. The molecule has 0 spiro atoms. The monoisotopic (exact) mass is 701 g/mol. The van der Waals surface area contributed by atoms with Crippen LogP contribution in [-0.2, 0) is 37.3 Å². The number of amides is 1. The summed E-state index contributed by atoms with van der Waals surface area (Å²) in [7, 11) is 3.69. The van der Waals surface area contributed by atoms with Gasteiger partial charge in [0.25, 0.3) is 5.91 Å². The Morgan fingerprint density at radius 2 is 1.67 bits per heavy atom. The van der Waals surface area contributed by atoms with Crippen LogP contribution in [-0.4, -0.2) is 75.1 Å². The van der Waals surface area contributed by atoms with E-state index < -0.39 is 35.4 Å². The van der Waals surface area contributed by atoms with Crippen LogP contribution in [0, 0.1) is 11.3 Å². The first kappa shape index (κ1) is 40.0. The van der Waals surface area contributed by atoms with E-state index in [1.165, 1.54) is 0 Å². The SMILES string of the molecule is CCCC1(c2cccc(Oc3cc(C(C)(N)c4cncn4C)ccc3C#N)c2)OCCN(C)C1=O.O=C(O)C(F)(F)F.O=C(O)C(F)(F)F. The molecule has 1 aromatic heterocycles. The molecule has 3 aromatic rings. The van der Waals surface area contributed by atoms with Gasteiger partial charge in [0.05, 0.1) is 35.9 Å². The number of aliphatic carboxylic acids is 2. The van der Waals surface area contributed by atoms with Gasteiger partial charge in [0, 0.05) is 20.6 Å². The number of nitriles is 1. The number of benzene rings is 2. The molecule has 12 nitrogen and oxygen atoms in total. The van der Waals surface area contributed by atoms with E-state index in [2.05, 4.69) is 11.1 Å². The van der Waals surface area contributed by atoms with Crippen molar-refractivity contribution in [2.45, 2.75) is 50.2 Å². The van der Waals surface area contributed by atoms with E-state index in [0.29, 0.717) is 36.6 Å². The van der Waals surface area contributed by atoms with Crippen molar-refractivity contribution in [1.82, 2.24) is 14.5 Å². The summed E-state index contributed by atoms with van der Waals surface area (Å²) in [6, 6.07) is 14.9. The zero-order chi connectivity index (χ0) is 37.4. The van der Waals surface area contributed by atoms with E-state index >= 15 is 0 Å². The fraction of sp³-hybridized carbons (Fsp3) is 0.387. The molecule has 1 fully saturated rings. The highest BCUT2D eigenvalue weighted by Gasteiger charge is 2.45. The van der Waals surface area contributed by atoms with Crippen LogP contribution in [0.2, 0.25) is 0 Å². The largest absolute Gasteiger partial charge is 0.490 e. The van der Waals surface area contributed by atoms with Crippen LogP contribution in [0.15, 0.2) is 55.0 Å². The fourth-order valence-electron chi connectivity index (χ4n) is 4.68. The third-order valence-corrected chi connectivity index (χ3v) is 7.13. The highest BCUT2D eigenvalue weighted by atomic mass is 19.4. The number of carbonyl (C=O) groups excluding carboxylic acids is 1. The van der Waals surface area contributed by atoms with Crippen LogP contribution in [0.3, 0.4) is 0 Å². The number of rotatable bonds is 7. The zero-order valence-electron chi connectivity index (χ0n) is 26.6. The summed E-state index contributed by atoms with van der Waals surface area (Å²) in [5, 5.41) is 24.0. The molecule has 2 aromatic carbocycles. The summed E-state index contributed by atoms with van der Waals surface area (Å²) < 4.78 is 77.7. The highest BCUT2D eigenvalue weighted by Crippen LogP contribution is 2.38. The van der Waals surface area contributed by atoms with E-state index in [0.717, 1.165) is 23.2 Å². The number of hydrogen-bond donors (Lipinski definition) is 3. The third-order valence-electron chi connectivity index (χ3n) is 7.13. The lowest BCUT2D eigenvalue weighted by molar-refractivity contribution is -0.193. The second-order valence-corrected chi connectivity index (χ2v) is 10.8. The number of aromatic nitrogens is 2. The summed E-state index contributed by atoms with van der Waals surface area (Å²) in [6.45, 7) is 4.96. The van der Waals surface area contributed by atoms with Gasteiger partial charge in [-0.25, -0.2) is 14.6 Å². The molecule has 0 aliphatic carbocycles. The smallest absolute Gasteiger partial charge is 0.475 e. The summed E-state index contributed by atoms with van der Waals surface area (Å²) in [5.41, 5.74) is 7.53. The van der Waals surface area contributed by atoms with Crippen LogP contribution < -0.4 is 10.5 Å². The average Bonchev–Trinajstić information content (AvgIpc) is 3.46. The molecule has 4 N–H and O–H groups in total. The number of ether oxygens (including phenoxy) is 2. The zero-order valence-corrected chi connectivity index (χ0v) is 26.6. The van der Waals surface area contributed by atoms with Gasteiger partial charge >= 0.3 is 24.3 Å². The predicted octanol–water partition coefficient (Wildman–Crippen LogP) is 5.06. The molecular weight excluding hydrogens is 668 g/mol. The number of morpholine rings is 1. The number of carboxylic acid groups (broad SMARTS) is 2. The Bertz CT molecular complexity index is 1660. The Kier molecular flexibility index (Phi) is 12.9. The maximum atomic E-state index is 13.2. The van der Waals surface area contributed by atoms with Crippen LogP contribution in [0.1, 0.15) is 49.1 Å². The topological polar surface area (TPSA) is 181 Å². The van der Waals surface area contributed by atoms with Crippen molar-refractivity contribution >= 4 is 17.8 Å². The van der Waals surface area contributed by atoms with Crippen molar-refractivity contribution in [2.24, 2.45) is 12.8 Å². The van der Waals surface area contributed by atoms with E-state index in [9.17, 15) is 36.4 Å². The number of imidazole rings is 1. The van der Waals surface area contributed by atoms with Crippen LogP contribution in [0.5, 0.6) is 11.5 Å². The van der Waals surface area contributed by atoms with Gasteiger partial charge in [-0.1, -0.05) is 31.5 Å². The number of halogens is 6. The molecule has 1 aliphatic rings.